The van der Waals surface area contributed by atoms with Crippen LogP contribution in [0.3, 0.4) is 0 Å². The number of aliphatic hydroxyl groups is 1. The fourth-order valence-corrected chi connectivity index (χ4v) is 6.06. The molecular formula is C29H34N6O2. The van der Waals surface area contributed by atoms with Gasteiger partial charge >= 0.3 is 0 Å². The van der Waals surface area contributed by atoms with Gasteiger partial charge in [-0.05, 0) is 86.9 Å². The van der Waals surface area contributed by atoms with Crippen molar-refractivity contribution in [2.45, 2.75) is 63.0 Å². The Hall–Kier alpha value is -3.36. The predicted molar refractivity (Wildman–Crippen MR) is 144 cm³/mol. The Balaban J connectivity index is 1.31. The molecule has 1 saturated carbocycles. The van der Waals surface area contributed by atoms with Gasteiger partial charge in [-0.15, -0.1) is 0 Å². The summed E-state index contributed by atoms with van der Waals surface area (Å²) < 4.78 is 1.72. The fourth-order valence-electron chi connectivity index (χ4n) is 6.06. The number of aliphatic imine (C=N–C) groups is 1. The first-order valence-electron chi connectivity index (χ1n) is 13.4. The van der Waals surface area contributed by atoms with E-state index < -0.39 is 0 Å². The number of carbonyl (C=O) groups is 1. The molecule has 0 unspecified atom stereocenters. The highest BCUT2D eigenvalue weighted by Gasteiger charge is 2.35. The minimum atomic E-state index is -0.255. The molecule has 8 nitrogen and oxygen atoms in total. The van der Waals surface area contributed by atoms with E-state index in [1.807, 2.05) is 13.2 Å². The number of nitrogens with zero attached hydrogens (tertiary/aromatic N) is 5. The smallest absolute Gasteiger partial charge is 0.278 e. The number of piperidine rings is 1. The number of anilines is 1. The lowest BCUT2D eigenvalue weighted by Crippen LogP contribution is -2.41. The van der Waals surface area contributed by atoms with Gasteiger partial charge in [0.25, 0.3) is 5.91 Å². The Morgan fingerprint density at radius 1 is 1.08 bits per heavy atom. The summed E-state index contributed by atoms with van der Waals surface area (Å²) in [6.07, 6.45) is 11.4. The van der Waals surface area contributed by atoms with Crippen molar-refractivity contribution in [3.63, 3.8) is 0 Å². The summed E-state index contributed by atoms with van der Waals surface area (Å²) in [5, 5.41) is 17.8. The van der Waals surface area contributed by atoms with Crippen molar-refractivity contribution < 1.29 is 9.90 Å². The summed E-state index contributed by atoms with van der Waals surface area (Å²) >= 11 is 0. The number of hydrogen-bond acceptors (Lipinski definition) is 5. The molecule has 8 heteroatoms. The maximum absolute atomic E-state index is 13.4. The maximum Gasteiger partial charge on any atom is 0.278 e. The molecule has 2 fully saturated rings. The average molecular weight is 499 g/mol. The zero-order chi connectivity index (χ0) is 25.4. The quantitative estimate of drug-likeness (QED) is 0.567. The van der Waals surface area contributed by atoms with E-state index in [-0.39, 0.29) is 18.1 Å². The molecule has 0 atom stereocenters. The number of carbonyl (C=O) groups excluding carboxylic acids is 1. The molecule has 0 spiro atoms. The minimum Gasteiger partial charge on any atom is -0.393 e. The van der Waals surface area contributed by atoms with Crippen LogP contribution < -0.4 is 10.2 Å². The van der Waals surface area contributed by atoms with Gasteiger partial charge in [-0.1, -0.05) is 12.1 Å². The second kappa shape index (κ2) is 10.2. The van der Waals surface area contributed by atoms with Gasteiger partial charge in [0.1, 0.15) is 5.84 Å². The Bertz CT molecular complexity index is 1320. The fraction of sp³-hybridized carbons (Fsp3) is 0.448. The molecule has 2 N–H and O–H groups in total. The van der Waals surface area contributed by atoms with Crippen molar-refractivity contribution in [3.05, 3.63) is 65.6 Å². The third kappa shape index (κ3) is 4.95. The Labute approximate surface area is 217 Å². The summed E-state index contributed by atoms with van der Waals surface area (Å²) in [7, 11) is 1.86. The van der Waals surface area contributed by atoms with Gasteiger partial charge in [0.2, 0.25) is 0 Å². The van der Waals surface area contributed by atoms with Crippen LogP contribution in [0.4, 0.5) is 5.69 Å². The normalized spacial score (nSPS) is 23.4. The number of amidine groups is 1. The van der Waals surface area contributed by atoms with Crippen LogP contribution in [0.15, 0.2) is 53.9 Å². The molecule has 3 aromatic rings. The Morgan fingerprint density at radius 3 is 2.65 bits per heavy atom. The summed E-state index contributed by atoms with van der Waals surface area (Å²) in [6, 6.07) is 10.6. The molecule has 3 aliphatic rings. The highest BCUT2D eigenvalue weighted by atomic mass is 16.3. The number of aryl methyl sites for hydroxylation is 1. The Kier molecular flexibility index (Phi) is 6.61. The van der Waals surface area contributed by atoms with Crippen LogP contribution in [0.5, 0.6) is 0 Å². The van der Waals surface area contributed by atoms with Crippen molar-refractivity contribution in [2.75, 3.05) is 18.0 Å². The van der Waals surface area contributed by atoms with Crippen molar-refractivity contribution >= 4 is 17.4 Å². The zero-order valence-corrected chi connectivity index (χ0v) is 21.3. The van der Waals surface area contributed by atoms with E-state index in [9.17, 15) is 9.90 Å². The number of aromatic nitrogens is 3. The summed E-state index contributed by atoms with van der Waals surface area (Å²) in [5.74, 6) is 1.13. The van der Waals surface area contributed by atoms with Crippen molar-refractivity contribution in [2.24, 2.45) is 12.0 Å². The van der Waals surface area contributed by atoms with Gasteiger partial charge in [0.05, 0.1) is 18.0 Å². The third-order valence-corrected chi connectivity index (χ3v) is 8.07. The molecule has 192 valence electrons. The monoisotopic (exact) mass is 498 g/mol. The number of benzene rings is 1. The second-order valence-corrected chi connectivity index (χ2v) is 10.6. The molecule has 6 rings (SSSR count). The van der Waals surface area contributed by atoms with Gasteiger partial charge < -0.3 is 15.3 Å². The van der Waals surface area contributed by atoms with E-state index in [1.54, 1.807) is 29.2 Å². The van der Waals surface area contributed by atoms with Crippen LogP contribution in [0, 0.1) is 0 Å². The molecule has 4 heterocycles. The molecular weight excluding hydrogens is 464 g/mol. The number of pyridine rings is 1. The molecule has 0 radical (unpaired) electrons. The van der Waals surface area contributed by atoms with Crippen LogP contribution in [-0.2, 0) is 13.5 Å². The molecule has 1 amide bonds. The van der Waals surface area contributed by atoms with E-state index in [1.165, 1.54) is 11.1 Å². The first kappa shape index (κ1) is 24.0. The largest absolute Gasteiger partial charge is 0.393 e. The maximum atomic E-state index is 13.4. The van der Waals surface area contributed by atoms with Gasteiger partial charge in [0, 0.05) is 48.7 Å². The molecule has 1 aliphatic carbocycles. The van der Waals surface area contributed by atoms with Gasteiger partial charge in [-0.25, -0.2) is 0 Å². The van der Waals surface area contributed by atoms with Crippen molar-refractivity contribution in [3.8, 4) is 11.3 Å². The highest BCUT2D eigenvalue weighted by molar-refractivity contribution is 6.13. The van der Waals surface area contributed by atoms with E-state index in [0.717, 1.165) is 68.7 Å². The first-order valence-corrected chi connectivity index (χ1v) is 13.4. The average Bonchev–Trinajstić information content (AvgIpc) is 3.52. The predicted octanol–water partition coefficient (Wildman–Crippen LogP) is 3.85. The van der Waals surface area contributed by atoms with Crippen LogP contribution in [-0.4, -0.2) is 56.8 Å². The number of nitrogens with one attached hydrogen (secondary N) is 1. The van der Waals surface area contributed by atoms with Crippen LogP contribution >= 0.6 is 0 Å². The first-order chi connectivity index (χ1) is 18.0. The molecule has 1 aromatic carbocycles. The Morgan fingerprint density at radius 2 is 1.89 bits per heavy atom. The molecule has 37 heavy (non-hydrogen) atoms. The van der Waals surface area contributed by atoms with Crippen LogP contribution in [0.25, 0.3) is 11.3 Å². The topological polar surface area (TPSA) is 95.6 Å². The van der Waals surface area contributed by atoms with E-state index in [4.69, 9.17) is 4.99 Å². The zero-order valence-electron chi connectivity index (χ0n) is 21.3. The van der Waals surface area contributed by atoms with Gasteiger partial charge in [0.15, 0.2) is 0 Å². The SMILES string of the molecule is Cn1cc(-c2cc(C(=O)N=C3Cc4cc(C5CCNCC5)ccc4N3C3CCC(O)CC3)ccn2)cn1. The molecule has 1 saturated heterocycles. The second-order valence-electron chi connectivity index (χ2n) is 10.6. The number of hydrogen-bond donors (Lipinski definition) is 2. The summed E-state index contributed by atoms with van der Waals surface area (Å²) in [5.41, 5.74) is 5.90. The van der Waals surface area contributed by atoms with Crippen molar-refractivity contribution in [1.82, 2.24) is 20.1 Å². The van der Waals surface area contributed by atoms with Crippen LogP contribution in [0.1, 0.15) is 65.9 Å². The van der Waals surface area contributed by atoms with Gasteiger partial charge in [-0.3, -0.25) is 14.5 Å². The highest BCUT2D eigenvalue weighted by Crippen LogP contribution is 2.38. The van der Waals surface area contributed by atoms with Gasteiger partial charge in [-0.2, -0.15) is 10.1 Å². The number of aliphatic hydroxyl groups excluding tert-OH is 1. The lowest BCUT2D eigenvalue weighted by atomic mass is 9.88. The van der Waals surface area contributed by atoms with E-state index in [2.05, 4.69) is 38.5 Å². The lowest BCUT2D eigenvalue weighted by molar-refractivity contribution is 0.100. The standard InChI is InChI=1S/C29H34N6O2/c1-34-18-23(17-32-34)26-15-21(10-13-31-26)29(37)33-28-16-22-14-20(19-8-11-30-12-9-19)2-7-27(22)35(28)24-3-5-25(36)6-4-24/h2,7,10,13-15,17-19,24-25,30,36H,3-6,8-9,11-12,16H2,1H3. The summed E-state index contributed by atoms with van der Waals surface area (Å²) in [6.45, 7) is 2.12. The number of fused-ring (bicyclic) bond motifs is 1. The third-order valence-electron chi connectivity index (χ3n) is 8.07. The van der Waals surface area contributed by atoms with Crippen molar-refractivity contribution in [1.29, 1.82) is 0 Å². The number of amides is 1. The number of rotatable bonds is 4. The van der Waals surface area contributed by atoms with E-state index in [0.29, 0.717) is 23.6 Å². The minimum absolute atomic E-state index is 0.231. The van der Waals surface area contributed by atoms with E-state index >= 15 is 0 Å². The molecule has 2 aromatic heterocycles. The molecule has 2 aliphatic heterocycles. The lowest BCUT2D eigenvalue weighted by Gasteiger charge is -2.35. The summed E-state index contributed by atoms with van der Waals surface area (Å²) in [4.78, 5) is 24.8. The molecule has 0 bridgehead atoms. The van der Waals surface area contributed by atoms with Crippen LogP contribution in [0.2, 0.25) is 0 Å².